The van der Waals surface area contributed by atoms with Gasteiger partial charge in [0, 0.05) is 6.54 Å². The van der Waals surface area contributed by atoms with Crippen molar-refractivity contribution in [1.29, 1.82) is 0 Å². The number of thiazole rings is 1. The van der Waals surface area contributed by atoms with E-state index < -0.39 is 0 Å². The molecule has 0 saturated heterocycles. The molecule has 2 aromatic rings. The Balaban J connectivity index is 2.29. The predicted molar refractivity (Wildman–Crippen MR) is 88.7 cm³/mol. The molecule has 1 aromatic heterocycles. The molecule has 0 unspecified atom stereocenters. The van der Waals surface area contributed by atoms with Crippen molar-refractivity contribution in [2.24, 2.45) is 5.92 Å². The normalized spacial score (nSPS) is 10.8. The summed E-state index contributed by atoms with van der Waals surface area (Å²) < 4.78 is 10.6. The van der Waals surface area contributed by atoms with E-state index in [1.807, 2.05) is 25.1 Å². The van der Waals surface area contributed by atoms with Gasteiger partial charge in [-0.25, -0.2) is 4.98 Å². The molecule has 1 N–H and O–H groups in total. The topological polar surface area (TPSA) is 43.4 Å². The Morgan fingerprint density at radius 1 is 1.19 bits per heavy atom. The number of ether oxygens (including phenoxy) is 2. The van der Waals surface area contributed by atoms with E-state index in [2.05, 4.69) is 24.1 Å². The summed E-state index contributed by atoms with van der Waals surface area (Å²) in [6.45, 7) is 7.33. The van der Waals surface area contributed by atoms with E-state index in [9.17, 15) is 0 Å². The fraction of sp³-hybridized carbons (Fsp3) is 0.438. The van der Waals surface area contributed by atoms with Crippen LogP contribution in [0, 0.1) is 12.8 Å². The van der Waals surface area contributed by atoms with Crippen LogP contribution in [0.15, 0.2) is 18.2 Å². The Morgan fingerprint density at radius 3 is 2.52 bits per heavy atom. The first kappa shape index (κ1) is 15.6. The molecule has 0 fully saturated rings. The van der Waals surface area contributed by atoms with Crippen LogP contribution >= 0.6 is 11.3 Å². The summed E-state index contributed by atoms with van der Waals surface area (Å²) in [7, 11) is 3.29. The maximum Gasteiger partial charge on any atom is 0.183 e. The van der Waals surface area contributed by atoms with Crippen LogP contribution in [0.2, 0.25) is 0 Å². The van der Waals surface area contributed by atoms with Crippen molar-refractivity contribution in [3.8, 4) is 21.9 Å². The molecule has 0 atom stereocenters. The lowest BCUT2D eigenvalue weighted by atomic mass is 10.1. The van der Waals surface area contributed by atoms with Gasteiger partial charge in [0.15, 0.2) is 16.6 Å². The summed E-state index contributed by atoms with van der Waals surface area (Å²) in [6, 6.07) is 5.95. The number of aryl methyl sites for hydroxylation is 1. The van der Waals surface area contributed by atoms with Gasteiger partial charge in [-0.15, -0.1) is 0 Å². The van der Waals surface area contributed by atoms with Gasteiger partial charge in [-0.05, 0) is 36.6 Å². The van der Waals surface area contributed by atoms with Crippen LogP contribution in [-0.4, -0.2) is 25.7 Å². The van der Waals surface area contributed by atoms with Gasteiger partial charge in [-0.2, -0.15) is 0 Å². The molecular formula is C16H22N2O2S. The van der Waals surface area contributed by atoms with E-state index in [-0.39, 0.29) is 0 Å². The first-order valence-electron chi connectivity index (χ1n) is 6.98. The first-order valence-corrected chi connectivity index (χ1v) is 7.80. The lowest BCUT2D eigenvalue weighted by molar-refractivity contribution is 0.355. The molecular weight excluding hydrogens is 284 g/mol. The lowest BCUT2D eigenvalue weighted by Gasteiger charge is -2.08. The molecule has 0 radical (unpaired) electrons. The number of anilines is 1. The highest BCUT2D eigenvalue weighted by molar-refractivity contribution is 7.19. The summed E-state index contributed by atoms with van der Waals surface area (Å²) in [5.74, 6) is 2.07. The SMILES string of the molecule is COc1ccc(-c2sc(NCC(C)C)nc2C)cc1OC. The highest BCUT2D eigenvalue weighted by Gasteiger charge is 2.12. The Bertz CT molecular complexity index is 608. The summed E-state index contributed by atoms with van der Waals surface area (Å²) >= 11 is 1.67. The maximum absolute atomic E-state index is 5.37. The minimum Gasteiger partial charge on any atom is -0.493 e. The average molecular weight is 306 g/mol. The van der Waals surface area contributed by atoms with Crippen molar-refractivity contribution in [3.63, 3.8) is 0 Å². The van der Waals surface area contributed by atoms with Gasteiger partial charge in [0.2, 0.25) is 0 Å². The highest BCUT2D eigenvalue weighted by atomic mass is 32.1. The molecule has 0 saturated carbocycles. The van der Waals surface area contributed by atoms with Crippen molar-refractivity contribution >= 4 is 16.5 Å². The van der Waals surface area contributed by atoms with Gasteiger partial charge in [0.05, 0.1) is 24.8 Å². The summed E-state index contributed by atoms with van der Waals surface area (Å²) in [4.78, 5) is 5.75. The van der Waals surface area contributed by atoms with Crippen molar-refractivity contribution in [3.05, 3.63) is 23.9 Å². The molecule has 5 heteroatoms. The fourth-order valence-corrected chi connectivity index (χ4v) is 2.98. The average Bonchev–Trinajstić information content (AvgIpc) is 2.85. The largest absolute Gasteiger partial charge is 0.493 e. The fourth-order valence-electron chi connectivity index (χ4n) is 2.01. The second-order valence-electron chi connectivity index (χ2n) is 5.28. The van der Waals surface area contributed by atoms with Gasteiger partial charge < -0.3 is 14.8 Å². The van der Waals surface area contributed by atoms with Crippen LogP contribution in [0.5, 0.6) is 11.5 Å². The third-order valence-electron chi connectivity index (χ3n) is 3.10. The van der Waals surface area contributed by atoms with Crippen molar-refractivity contribution in [2.45, 2.75) is 20.8 Å². The predicted octanol–water partition coefficient (Wildman–Crippen LogP) is 4.20. The quantitative estimate of drug-likeness (QED) is 0.868. The van der Waals surface area contributed by atoms with Crippen LogP contribution in [0.1, 0.15) is 19.5 Å². The molecule has 21 heavy (non-hydrogen) atoms. The molecule has 0 spiro atoms. The first-order chi connectivity index (χ1) is 10.0. The maximum atomic E-state index is 5.37. The molecule has 0 bridgehead atoms. The van der Waals surface area contributed by atoms with Gasteiger partial charge >= 0.3 is 0 Å². The van der Waals surface area contributed by atoms with Crippen molar-refractivity contribution in [1.82, 2.24) is 4.98 Å². The minimum absolute atomic E-state index is 0.596. The standard InChI is InChI=1S/C16H22N2O2S/c1-10(2)9-17-16-18-11(3)15(21-16)12-6-7-13(19-4)14(8-12)20-5/h6-8,10H,9H2,1-5H3,(H,17,18). The number of methoxy groups -OCH3 is 2. The number of nitrogens with zero attached hydrogens (tertiary/aromatic N) is 1. The molecule has 0 aliphatic rings. The van der Waals surface area contributed by atoms with Gasteiger partial charge in [-0.3, -0.25) is 0 Å². The zero-order valence-electron chi connectivity index (χ0n) is 13.2. The van der Waals surface area contributed by atoms with E-state index >= 15 is 0 Å². The van der Waals surface area contributed by atoms with Crippen molar-refractivity contribution in [2.75, 3.05) is 26.1 Å². The second-order valence-corrected chi connectivity index (χ2v) is 6.28. The minimum atomic E-state index is 0.596. The molecule has 0 amide bonds. The molecule has 0 aliphatic heterocycles. The van der Waals surface area contributed by atoms with Crippen LogP contribution in [-0.2, 0) is 0 Å². The van der Waals surface area contributed by atoms with Crippen LogP contribution in [0.4, 0.5) is 5.13 Å². The smallest absolute Gasteiger partial charge is 0.183 e. The monoisotopic (exact) mass is 306 g/mol. The summed E-state index contributed by atoms with van der Waals surface area (Å²) in [6.07, 6.45) is 0. The van der Waals surface area contributed by atoms with Crippen LogP contribution in [0.25, 0.3) is 10.4 Å². The van der Waals surface area contributed by atoms with Gasteiger partial charge in [0.25, 0.3) is 0 Å². The Kier molecular flexibility index (Phi) is 5.07. The highest BCUT2D eigenvalue weighted by Crippen LogP contribution is 2.37. The number of aromatic nitrogens is 1. The summed E-state index contributed by atoms with van der Waals surface area (Å²) in [5, 5.41) is 4.34. The van der Waals surface area contributed by atoms with Crippen LogP contribution in [0.3, 0.4) is 0 Å². The zero-order chi connectivity index (χ0) is 15.4. The Hall–Kier alpha value is -1.75. The zero-order valence-corrected chi connectivity index (χ0v) is 14.0. The van der Waals surface area contributed by atoms with E-state index in [0.29, 0.717) is 5.92 Å². The lowest BCUT2D eigenvalue weighted by Crippen LogP contribution is -2.07. The Morgan fingerprint density at radius 2 is 1.90 bits per heavy atom. The number of nitrogens with one attached hydrogen (secondary N) is 1. The third-order valence-corrected chi connectivity index (χ3v) is 4.27. The van der Waals surface area contributed by atoms with Crippen LogP contribution < -0.4 is 14.8 Å². The molecule has 1 aromatic carbocycles. The Labute approximate surface area is 130 Å². The van der Waals surface area contributed by atoms with E-state index in [1.54, 1.807) is 25.6 Å². The van der Waals surface area contributed by atoms with E-state index in [0.717, 1.165) is 39.3 Å². The molecule has 1 heterocycles. The third kappa shape index (κ3) is 3.67. The molecule has 0 aliphatic carbocycles. The number of hydrogen-bond donors (Lipinski definition) is 1. The number of benzene rings is 1. The second kappa shape index (κ2) is 6.80. The van der Waals surface area contributed by atoms with Gasteiger partial charge in [0.1, 0.15) is 0 Å². The van der Waals surface area contributed by atoms with Crippen molar-refractivity contribution < 1.29 is 9.47 Å². The van der Waals surface area contributed by atoms with Gasteiger partial charge in [-0.1, -0.05) is 25.2 Å². The number of rotatable bonds is 6. The molecule has 4 nitrogen and oxygen atoms in total. The number of hydrogen-bond acceptors (Lipinski definition) is 5. The summed E-state index contributed by atoms with van der Waals surface area (Å²) in [5.41, 5.74) is 2.12. The molecule has 114 valence electrons. The molecule has 2 rings (SSSR count). The van der Waals surface area contributed by atoms with E-state index in [4.69, 9.17) is 9.47 Å². The van der Waals surface area contributed by atoms with E-state index in [1.165, 1.54) is 0 Å².